The smallest absolute Gasteiger partial charge is 0.265 e. The largest absolute Gasteiger partial charge is 0.480 e. The monoisotopic (exact) mass is 389 g/mol. The maximum absolute atomic E-state index is 12.4. The van der Waals surface area contributed by atoms with Gasteiger partial charge in [0.25, 0.3) is 5.91 Å². The molecule has 24 heavy (non-hydrogen) atoms. The lowest BCUT2D eigenvalue weighted by atomic mass is 10.0. The van der Waals surface area contributed by atoms with Gasteiger partial charge in [-0.2, -0.15) is 0 Å². The Hall–Kier alpha value is -2.14. The fraction of sp³-hybridized carbons (Fsp3) is 0.263. The molecule has 0 saturated carbocycles. The topological polar surface area (TPSA) is 55.4 Å². The van der Waals surface area contributed by atoms with E-state index in [9.17, 15) is 9.59 Å². The number of carbonyl (C=O) groups excluding carboxylic acids is 2. The summed E-state index contributed by atoms with van der Waals surface area (Å²) in [4.78, 5) is 23.6. The quantitative estimate of drug-likeness (QED) is 0.760. The number of carbonyl (C=O) groups is 2. The van der Waals surface area contributed by atoms with Gasteiger partial charge >= 0.3 is 0 Å². The Morgan fingerprint density at radius 3 is 2.38 bits per heavy atom. The van der Waals surface area contributed by atoms with E-state index in [0.717, 1.165) is 26.9 Å². The number of aryl methyl sites for hydroxylation is 3. The van der Waals surface area contributed by atoms with E-state index in [2.05, 4.69) is 21.2 Å². The van der Waals surface area contributed by atoms with Crippen LogP contribution in [0.4, 0.5) is 5.69 Å². The number of benzene rings is 2. The van der Waals surface area contributed by atoms with Crippen molar-refractivity contribution in [3.8, 4) is 5.75 Å². The van der Waals surface area contributed by atoms with Gasteiger partial charge in [0.05, 0.1) is 5.56 Å². The summed E-state index contributed by atoms with van der Waals surface area (Å²) in [5.41, 5.74) is 4.35. The SMILES string of the molecule is Cc1cc(C)c(NC(=O)[C@@H](C)Oc2ccc(Br)cc2C=O)c(C)c1. The molecule has 2 rings (SSSR count). The van der Waals surface area contributed by atoms with Gasteiger partial charge in [0.1, 0.15) is 5.75 Å². The Morgan fingerprint density at radius 1 is 1.17 bits per heavy atom. The molecule has 0 heterocycles. The first-order valence-electron chi connectivity index (χ1n) is 7.62. The lowest BCUT2D eigenvalue weighted by molar-refractivity contribution is -0.122. The molecule has 1 amide bonds. The van der Waals surface area contributed by atoms with E-state index in [-0.39, 0.29) is 5.91 Å². The van der Waals surface area contributed by atoms with Gasteiger partial charge in [0.15, 0.2) is 12.4 Å². The fourth-order valence-electron chi connectivity index (χ4n) is 2.56. The molecular weight excluding hydrogens is 370 g/mol. The maximum atomic E-state index is 12.4. The highest BCUT2D eigenvalue weighted by Gasteiger charge is 2.18. The van der Waals surface area contributed by atoms with Crippen LogP contribution >= 0.6 is 15.9 Å². The zero-order valence-electron chi connectivity index (χ0n) is 14.1. The van der Waals surface area contributed by atoms with Crippen LogP contribution in [0.3, 0.4) is 0 Å². The van der Waals surface area contributed by atoms with E-state index >= 15 is 0 Å². The second kappa shape index (κ2) is 7.62. The molecule has 1 atom stereocenters. The number of ether oxygens (including phenoxy) is 1. The van der Waals surface area contributed by atoms with E-state index in [1.165, 1.54) is 0 Å². The van der Waals surface area contributed by atoms with Crippen molar-refractivity contribution < 1.29 is 14.3 Å². The molecule has 0 bridgehead atoms. The van der Waals surface area contributed by atoms with Crippen LogP contribution < -0.4 is 10.1 Å². The highest BCUT2D eigenvalue weighted by atomic mass is 79.9. The minimum Gasteiger partial charge on any atom is -0.480 e. The predicted octanol–water partition coefficient (Wildman–Crippen LogP) is 4.59. The molecule has 0 radical (unpaired) electrons. The Labute approximate surface area is 150 Å². The van der Waals surface area contributed by atoms with E-state index in [1.807, 2.05) is 32.9 Å². The van der Waals surface area contributed by atoms with Gasteiger partial charge in [-0.05, 0) is 57.0 Å². The zero-order valence-corrected chi connectivity index (χ0v) is 15.7. The number of nitrogens with one attached hydrogen (secondary N) is 1. The summed E-state index contributed by atoms with van der Waals surface area (Å²) in [7, 11) is 0. The Kier molecular flexibility index (Phi) is 5.78. The van der Waals surface area contributed by atoms with Crippen molar-refractivity contribution in [2.75, 3.05) is 5.32 Å². The summed E-state index contributed by atoms with van der Waals surface area (Å²) < 4.78 is 6.44. The van der Waals surface area contributed by atoms with Gasteiger partial charge in [-0.25, -0.2) is 0 Å². The minimum atomic E-state index is -0.732. The average molecular weight is 390 g/mol. The summed E-state index contributed by atoms with van der Waals surface area (Å²) >= 11 is 3.30. The van der Waals surface area contributed by atoms with Gasteiger partial charge in [-0.15, -0.1) is 0 Å². The second-order valence-corrected chi connectivity index (χ2v) is 6.74. The number of hydrogen-bond acceptors (Lipinski definition) is 3. The molecule has 126 valence electrons. The van der Waals surface area contributed by atoms with E-state index in [0.29, 0.717) is 17.6 Å². The predicted molar refractivity (Wildman–Crippen MR) is 98.9 cm³/mol. The van der Waals surface area contributed by atoms with Crippen molar-refractivity contribution >= 4 is 33.8 Å². The normalized spacial score (nSPS) is 11.7. The Bertz CT molecular complexity index is 763. The number of amides is 1. The molecule has 0 aliphatic carbocycles. The lowest BCUT2D eigenvalue weighted by Crippen LogP contribution is -2.31. The van der Waals surface area contributed by atoms with Crippen LogP contribution in [0, 0.1) is 20.8 Å². The van der Waals surface area contributed by atoms with E-state index < -0.39 is 6.10 Å². The highest BCUT2D eigenvalue weighted by molar-refractivity contribution is 9.10. The van der Waals surface area contributed by atoms with E-state index in [1.54, 1.807) is 25.1 Å². The van der Waals surface area contributed by atoms with Gasteiger partial charge in [-0.1, -0.05) is 33.6 Å². The van der Waals surface area contributed by atoms with Crippen LogP contribution in [0.1, 0.15) is 34.0 Å². The maximum Gasteiger partial charge on any atom is 0.265 e. The van der Waals surface area contributed by atoms with Gasteiger partial charge in [0, 0.05) is 10.2 Å². The molecule has 0 saturated heterocycles. The third kappa shape index (κ3) is 4.23. The molecule has 4 nitrogen and oxygen atoms in total. The molecule has 0 aliphatic rings. The number of rotatable bonds is 5. The van der Waals surface area contributed by atoms with Crippen LogP contribution in [0.5, 0.6) is 5.75 Å². The van der Waals surface area contributed by atoms with Crippen LogP contribution in [0.2, 0.25) is 0 Å². The third-order valence-corrected chi connectivity index (χ3v) is 4.19. The number of hydrogen-bond donors (Lipinski definition) is 1. The summed E-state index contributed by atoms with van der Waals surface area (Å²) in [6, 6.07) is 9.13. The van der Waals surface area contributed by atoms with Gasteiger partial charge < -0.3 is 10.1 Å². The van der Waals surface area contributed by atoms with Crippen molar-refractivity contribution in [1.82, 2.24) is 0 Å². The second-order valence-electron chi connectivity index (χ2n) is 5.82. The summed E-state index contributed by atoms with van der Waals surface area (Å²) in [5, 5.41) is 2.91. The number of aldehydes is 1. The van der Waals surface area contributed by atoms with Gasteiger partial charge in [-0.3, -0.25) is 9.59 Å². The molecule has 5 heteroatoms. The molecule has 1 N–H and O–H groups in total. The highest BCUT2D eigenvalue weighted by Crippen LogP contribution is 2.24. The van der Waals surface area contributed by atoms with E-state index in [4.69, 9.17) is 4.74 Å². The fourth-order valence-corrected chi connectivity index (χ4v) is 2.94. The van der Waals surface area contributed by atoms with Crippen LogP contribution in [-0.4, -0.2) is 18.3 Å². The summed E-state index contributed by atoms with van der Waals surface area (Å²) in [5.74, 6) is 0.123. The van der Waals surface area contributed by atoms with Gasteiger partial charge in [0.2, 0.25) is 0 Å². The first-order chi connectivity index (χ1) is 11.3. The average Bonchev–Trinajstić information content (AvgIpc) is 2.52. The van der Waals surface area contributed by atoms with Crippen LogP contribution in [0.15, 0.2) is 34.8 Å². The van der Waals surface area contributed by atoms with Crippen molar-refractivity contribution in [3.05, 3.63) is 57.1 Å². The molecule has 0 unspecified atom stereocenters. The number of anilines is 1. The van der Waals surface area contributed by atoms with Crippen molar-refractivity contribution in [1.29, 1.82) is 0 Å². The summed E-state index contributed by atoms with van der Waals surface area (Å²) in [6.45, 7) is 7.59. The first kappa shape index (κ1) is 18.2. The molecule has 0 aromatic heterocycles. The molecular formula is C19H20BrNO3. The number of halogens is 1. The van der Waals surface area contributed by atoms with Crippen molar-refractivity contribution in [2.24, 2.45) is 0 Å². The Morgan fingerprint density at radius 2 is 1.79 bits per heavy atom. The first-order valence-corrected chi connectivity index (χ1v) is 8.41. The molecule has 0 fully saturated rings. The Balaban J connectivity index is 2.15. The molecule has 2 aromatic rings. The molecule has 0 spiro atoms. The minimum absolute atomic E-state index is 0.259. The molecule has 2 aromatic carbocycles. The van der Waals surface area contributed by atoms with Crippen LogP contribution in [-0.2, 0) is 4.79 Å². The third-order valence-electron chi connectivity index (χ3n) is 3.70. The standard InChI is InChI=1S/C19H20BrNO3/c1-11-7-12(2)18(13(3)8-11)21-19(23)14(4)24-17-6-5-16(20)9-15(17)10-22/h5-10,14H,1-4H3,(H,21,23)/t14-/m1/s1. The van der Waals surface area contributed by atoms with Crippen molar-refractivity contribution in [3.63, 3.8) is 0 Å². The zero-order chi connectivity index (χ0) is 17.9. The summed E-state index contributed by atoms with van der Waals surface area (Å²) in [6.07, 6.45) is -0.0242. The van der Waals surface area contributed by atoms with Crippen LogP contribution in [0.25, 0.3) is 0 Å². The molecule has 0 aliphatic heterocycles. The lowest BCUT2D eigenvalue weighted by Gasteiger charge is -2.18. The van der Waals surface area contributed by atoms with Crippen molar-refractivity contribution in [2.45, 2.75) is 33.8 Å².